The van der Waals surface area contributed by atoms with Gasteiger partial charge in [-0.1, -0.05) is 54.3 Å². The van der Waals surface area contributed by atoms with E-state index in [1.165, 1.54) is 6.08 Å². The molecule has 0 aliphatic heterocycles. The Balaban J connectivity index is 1.95. The van der Waals surface area contributed by atoms with Gasteiger partial charge in [0.05, 0.1) is 0 Å². The zero-order valence-corrected chi connectivity index (χ0v) is 10.9. The summed E-state index contributed by atoms with van der Waals surface area (Å²) in [6.45, 7) is 0. The van der Waals surface area contributed by atoms with Crippen molar-refractivity contribution in [3.63, 3.8) is 0 Å². The summed E-state index contributed by atoms with van der Waals surface area (Å²) >= 11 is 0. The maximum absolute atomic E-state index is 12.5. The van der Waals surface area contributed by atoms with E-state index in [1.54, 1.807) is 48.5 Å². The van der Waals surface area contributed by atoms with Gasteiger partial charge < -0.3 is 5.11 Å². The van der Waals surface area contributed by atoms with Crippen LogP contribution in [0, 0.1) is 0 Å². The highest BCUT2D eigenvalue weighted by Crippen LogP contribution is 2.40. The van der Waals surface area contributed by atoms with Gasteiger partial charge in [-0.15, -0.1) is 0 Å². The molecule has 2 aromatic carbocycles. The van der Waals surface area contributed by atoms with Gasteiger partial charge in [0.25, 0.3) is 0 Å². The quantitative estimate of drug-likeness (QED) is 0.800. The molecule has 0 bridgehead atoms. The molecule has 100 valence electrons. The monoisotopic (exact) mass is 273 g/mol. The van der Waals surface area contributed by atoms with Crippen molar-refractivity contribution >= 4 is 22.9 Å². The van der Waals surface area contributed by atoms with Gasteiger partial charge in [0.2, 0.25) is 0 Å². The van der Waals surface area contributed by atoms with Crippen molar-refractivity contribution in [3.05, 3.63) is 82.4 Å². The summed E-state index contributed by atoms with van der Waals surface area (Å²) in [5.41, 5.74) is 2.57. The first-order chi connectivity index (χ1) is 10.2. The van der Waals surface area contributed by atoms with E-state index in [0.29, 0.717) is 27.8 Å². The zero-order chi connectivity index (χ0) is 14.6. The summed E-state index contributed by atoms with van der Waals surface area (Å²) in [4.78, 5) is 24.5. The molecule has 0 amide bonds. The topological polar surface area (TPSA) is 57.2 Å². The normalized spacial score (nSPS) is 16.1. The molecule has 0 atom stereocenters. The summed E-state index contributed by atoms with van der Waals surface area (Å²) in [6.07, 6.45) is 1.39. The first-order valence-electron chi connectivity index (χ1n) is 6.59. The fourth-order valence-corrected chi connectivity index (χ4v) is 2.92. The lowest BCUT2D eigenvalue weighted by Crippen LogP contribution is -2.05. The summed E-state index contributed by atoms with van der Waals surface area (Å²) in [7, 11) is 0. The summed E-state index contributed by atoms with van der Waals surface area (Å²) < 4.78 is 0. The van der Waals surface area contributed by atoms with Crippen molar-refractivity contribution in [2.45, 2.75) is 0 Å². The number of carbonyl (C=O) groups excluding carboxylic acids is 2. The number of Topliss-reactive ketones (excluding diaryl/α,β-unsaturated/α-hetero) is 1. The van der Waals surface area contributed by atoms with E-state index < -0.39 is 0 Å². The number of fused-ring (bicyclic) bond motifs is 2. The van der Waals surface area contributed by atoms with Crippen LogP contribution in [-0.4, -0.2) is 11.6 Å². The van der Waals surface area contributed by atoms with E-state index in [4.69, 9.17) is 0 Å². The fourth-order valence-electron chi connectivity index (χ4n) is 2.92. The van der Waals surface area contributed by atoms with Gasteiger partial charge in [-0.2, -0.15) is 0 Å². The Kier molecular flexibility index (Phi) is 2.27. The minimum absolute atomic E-state index is 0.106. The number of hydrogen-bond acceptors (Lipinski definition) is 3. The Morgan fingerprint density at radius 3 is 1.95 bits per heavy atom. The predicted molar refractivity (Wildman–Crippen MR) is 76.4 cm³/mol. The van der Waals surface area contributed by atoms with Gasteiger partial charge in [-0.05, 0) is 22.8 Å². The van der Waals surface area contributed by atoms with Crippen molar-refractivity contribution in [1.82, 2.24) is 0 Å². The van der Waals surface area contributed by atoms with Crippen LogP contribution in [0.2, 0.25) is 0 Å². The van der Waals surface area contributed by atoms with Crippen LogP contribution in [0.3, 0.4) is 0 Å². The van der Waals surface area contributed by atoms with E-state index in [2.05, 4.69) is 0 Å². The summed E-state index contributed by atoms with van der Waals surface area (Å²) in [5, 5.41) is 12.5. The van der Waals surface area contributed by atoms with Gasteiger partial charge in [0, 0.05) is 16.7 Å². The number of carbonyl (C=O) groups is 2. The molecule has 0 N–H and O–H groups in total. The first-order valence-corrected chi connectivity index (χ1v) is 6.59. The molecule has 2 aliphatic carbocycles. The molecular formula is C18H9O3-. The Labute approximate surface area is 120 Å². The largest absolute Gasteiger partial charge is 0.872 e. The van der Waals surface area contributed by atoms with Crippen LogP contribution in [-0.2, 0) is 0 Å². The van der Waals surface area contributed by atoms with Crippen LogP contribution < -0.4 is 5.11 Å². The molecule has 3 nitrogen and oxygen atoms in total. The minimum Gasteiger partial charge on any atom is -0.872 e. The van der Waals surface area contributed by atoms with Gasteiger partial charge >= 0.3 is 0 Å². The number of rotatable bonds is 1. The molecule has 0 spiro atoms. The minimum atomic E-state index is -0.300. The summed E-state index contributed by atoms with van der Waals surface area (Å²) in [6, 6.07) is 13.8. The van der Waals surface area contributed by atoms with E-state index in [-0.39, 0.29) is 22.9 Å². The molecule has 3 heteroatoms. The average molecular weight is 273 g/mol. The Bertz CT molecular complexity index is 885. The van der Waals surface area contributed by atoms with Crippen molar-refractivity contribution in [3.8, 4) is 0 Å². The van der Waals surface area contributed by atoms with Gasteiger partial charge in [-0.25, -0.2) is 0 Å². The zero-order valence-electron chi connectivity index (χ0n) is 10.9. The van der Waals surface area contributed by atoms with Crippen LogP contribution in [0.5, 0.6) is 0 Å². The van der Waals surface area contributed by atoms with Gasteiger partial charge in [0.1, 0.15) is 0 Å². The van der Waals surface area contributed by atoms with Crippen molar-refractivity contribution in [1.29, 1.82) is 0 Å². The van der Waals surface area contributed by atoms with Gasteiger partial charge in [0.15, 0.2) is 11.6 Å². The second kappa shape index (κ2) is 4.03. The highest BCUT2D eigenvalue weighted by atomic mass is 16.3. The molecule has 21 heavy (non-hydrogen) atoms. The van der Waals surface area contributed by atoms with Crippen molar-refractivity contribution in [2.24, 2.45) is 0 Å². The van der Waals surface area contributed by atoms with Crippen LogP contribution >= 0.6 is 0 Å². The first kappa shape index (κ1) is 11.9. The lowest BCUT2D eigenvalue weighted by atomic mass is 9.96. The molecule has 2 aromatic rings. The number of hydrogen-bond donors (Lipinski definition) is 0. The van der Waals surface area contributed by atoms with Gasteiger partial charge in [-0.3, -0.25) is 9.59 Å². The molecule has 0 saturated carbocycles. The lowest BCUT2D eigenvalue weighted by molar-refractivity contribution is -0.243. The predicted octanol–water partition coefficient (Wildman–Crippen LogP) is 2.23. The molecule has 0 unspecified atom stereocenters. The second-order valence-corrected chi connectivity index (χ2v) is 5.05. The molecule has 2 aliphatic rings. The third-order valence-corrected chi connectivity index (χ3v) is 3.90. The van der Waals surface area contributed by atoms with E-state index >= 15 is 0 Å². The fraction of sp³-hybridized carbons (Fsp3) is 0. The maximum atomic E-state index is 12.5. The molecule has 0 heterocycles. The SMILES string of the molecule is O=C1C=C(C2=C([O-])c3ccccc3C2=O)c2ccccc21. The number of ketones is 2. The van der Waals surface area contributed by atoms with Crippen molar-refractivity contribution < 1.29 is 14.7 Å². The maximum Gasteiger partial charge on any atom is 0.193 e. The van der Waals surface area contributed by atoms with Crippen LogP contribution in [0.4, 0.5) is 0 Å². The third-order valence-electron chi connectivity index (χ3n) is 3.90. The van der Waals surface area contributed by atoms with Crippen molar-refractivity contribution in [2.75, 3.05) is 0 Å². The molecule has 0 aromatic heterocycles. The summed E-state index contributed by atoms with van der Waals surface area (Å²) in [5.74, 6) is -0.762. The molecule has 4 rings (SSSR count). The van der Waals surface area contributed by atoms with Crippen LogP contribution in [0.1, 0.15) is 31.8 Å². The molecular weight excluding hydrogens is 264 g/mol. The Hall–Kier alpha value is -2.94. The van der Waals surface area contributed by atoms with E-state index in [1.807, 2.05) is 0 Å². The Morgan fingerprint density at radius 1 is 0.714 bits per heavy atom. The van der Waals surface area contributed by atoms with E-state index in [9.17, 15) is 14.7 Å². The van der Waals surface area contributed by atoms with Crippen LogP contribution in [0.15, 0.2) is 60.2 Å². The molecule has 0 saturated heterocycles. The average Bonchev–Trinajstić information content (AvgIpc) is 2.96. The molecule has 0 fully saturated rings. The smallest absolute Gasteiger partial charge is 0.193 e. The standard InChI is InChI=1S/C18H10O3/c19-15-9-14(10-5-1-2-6-11(10)15)16-17(20)12-7-3-4-8-13(12)18(16)21/h1-9,20H/p-1. The third kappa shape index (κ3) is 1.48. The number of allylic oxidation sites excluding steroid dienone is 3. The second-order valence-electron chi connectivity index (χ2n) is 5.05. The lowest BCUT2D eigenvalue weighted by Gasteiger charge is -2.12. The molecule has 0 radical (unpaired) electrons. The Morgan fingerprint density at radius 2 is 1.29 bits per heavy atom. The number of benzene rings is 2. The highest BCUT2D eigenvalue weighted by Gasteiger charge is 2.31. The van der Waals surface area contributed by atoms with Crippen LogP contribution in [0.25, 0.3) is 11.3 Å². The van der Waals surface area contributed by atoms with E-state index in [0.717, 1.165) is 0 Å². The highest BCUT2D eigenvalue weighted by molar-refractivity contribution is 6.32.